The smallest absolute Gasteiger partial charge is 0.0290 e. The summed E-state index contributed by atoms with van der Waals surface area (Å²) >= 11 is 0. The molecule has 0 bridgehead atoms. The van der Waals surface area contributed by atoms with Crippen molar-refractivity contribution in [3.63, 3.8) is 0 Å². The molecule has 1 unspecified atom stereocenters. The van der Waals surface area contributed by atoms with Crippen molar-refractivity contribution in [2.75, 3.05) is 30.2 Å². The maximum Gasteiger partial charge on any atom is 0.0290 e. The minimum atomic E-state index is -0.209. The van der Waals surface area contributed by atoms with E-state index in [1.54, 1.807) is 0 Å². The topological polar surface area (TPSA) is 3.24 Å². The van der Waals surface area contributed by atoms with Crippen LogP contribution in [0.25, 0.3) is 0 Å². The molecule has 1 heterocycles. The lowest BCUT2D eigenvalue weighted by atomic mass is 10.4. The highest BCUT2D eigenvalue weighted by Gasteiger charge is 2.32. The fourth-order valence-electron chi connectivity index (χ4n) is 1.87. The molecule has 0 radical (unpaired) electrons. The number of rotatable bonds is 2. The molecule has 0 aromatic carbocycles. The van der Waals surface area contributed by atoms with E-state index < -0.39 is 0 Å². The van der Waals surface area contributed by atoms with Crippen LogP contribution in [0, 0.1) is 0 Å². The van der Waals surface area contributed by atoms with Crippen LogP contribution in [0.3, 0.4) is 0 Å². The van der Waals surface area contributed by atoms with Crippen molar-refractivity contribution in [3.05, 3.63) is 0 Å². The molecular formula is C13H33NS. The van der Waals surface area contributed by atoms with Gasteiger partial charge in [-0.15, -0.1) is 0 Å². The van der Waals surface area contributed by atoms with Crippen molar-refractivity contribution >= 4 is 10.0 Å². The van der Waals surface area contributed by atoms with Gasteiger partial charge in [0.1, 0.15) is 0 Å². The molecule has 1 aliphatic heterocycles. The lowest BCUT2D eigenvalue weighted by molar-refractivity contribution is 0.344. The Morgan fingerprint density at radius 2 is 1.47 bits per heavy atom. The van der Waals surface area contributed by atoms with Crippen LogP contribution in [-0.4, -0.2) is 41.1 Å². The van der Waals surface area contributed by atoms with Crippen molar-refractivity contribution in [2.45, 2.75) is 54.5 Å². The molecule has 0 spiro atoms. The predicted octanol–water partition coefficient (Wildman–Crippen LogP) is 4.17. The molecule has 96 valence electrons. The van der Waals surface area contributed by atoms with Gasteiger partial charge in [0.2, 0.25) is 0 Å². The average Bonchev–Trinajstić information content (AvgIpc) is 2.61. The molecule has 1 atom stereocenters. The summed E-state index contributed by atoms with van der Waals surface area (Å²) in [6, 6.07) is 0.838. The molecule has 1 rings (SSSR count). The summed E-state index contributed by atoms with van der Waals surface area (Å²) in [7, 11) is 2.06. The summed E-state index contributed by atoms with van der Waals surface area (Å²) in [6.45, 7) is 15.1. The minimum Gasteiger partial charge on any atom is -0.295 e. The van der Waals surface area contributed by atoms with Gasteiger partial charge >= 0.3 is 0 Å². The molecule has 0 N–H and O–H groups in total. The first kappa shape index (κ1) is 17.7. The van der Waals surface area contributed by atoms with E-state index in [2.05, 4.69) is 32.7 Å². The summed E-state index contributed by atoms with van der Waals surface area (Å²) in [5, 5.41) is 0. The Hall–Kier alpha value is 0.310. The van der Waals surface area contributed by atoms with Gasteiger partial charge in [0, 0.05) is 11.9 Å². The van der Waals surface area contributed by atoms with Crippen LogP contribution in [0.5, 0.6) is 0 Å². The Morgan fingerprint density at radius 3 is 1.60 bits per heavy atom. The fourth-order valence-corrected chi connectivity index (χ4v) is 5.62. The van der Waals surface area contributed by atoms with E-state index in [4.69, 9.17) is 0 Å². The van der Waals surface area contributed by atoms with Gasteiger partial charge in [0.05, 0.1) is 0 Å². The SMILES string of the molecule is CC.CC.CCS1(CC)CC(C)N(C)C1. The molecular weight excluding hydrogens is 202 g/mol. The zero-order valence-electron chi connectivity index (χ0n) is 12.3. The van der Waals surface area contributed by atoms with Crippen LogP contribution in [0.1, 0.15) is 48.5 Å². The standard InChI is InChI=1S/C9H21NS.2C2H6/c1-5-11(6-2)7-9(3)10(4)8-11;2*1-2/h9H,5-8H2,1-4H3;2*1-2H3. The average molecular weight is 235 g/mol. The second kappa shape index (κ2) is 9.53. The molecule has 15 heavy (non-hydrogen) atoms. The van der Waals surface area contributed by atoms with E-state index >= 15 is 0 Å². The summed E-state index contributed by atoms with van der Waals surface area (Å²) in [6.07, 6.45) is 0. The van der Waals surface area contributed by atoms with Crippen molar-refractivity contribution in [1.82, 2.24) is 4.90 Å². The molecule has 0 saturated carbocycles. The second-order valence-electron chi connectivity index (χ2n) is 3.70. The van der Waals surface area contributed by atoms with Crippen molar-refractivity contribution in [2.24, 2.45) is 0 Å². The van der Waals surface area contributed by atoms with E-state index in [1.165, 1.54) is 23.1 Å². The predicted molar refractivity (Wildman–Crippen MR) is 78.3 cm³/mol. The van der Waals surface area contributed by atoms with Crippen molar-refractivity contribution in [1.29, 1.82) is 0 Å². The van der Waals surface area contributed by atoms with Gasteiger partial charge in [0.25, 0.3) is 0 Å². The van der Waals surface area contributed by atoms with Crippen LogP contribution < -0.4 is 0 Å². The van der Waals surface area contributed by atoms with E-state index in [1.807, 2.05) is 27.7 Å². The molecule has 1 aliphatic rings. The first-order chi connectivity index (χ1) is 7.13. The van der Waals surface area contributed by atoms with E-state index in [0.29, 0.717) is 0 Å². The third-order valence-corrected chi connectivity index (χ3v) is 7.64. The highest BCUT2D eigenvalue weighted by molar-refractivity contribution is 8.33. The second-order valence-corrected chi connectivity index (χ2v) is 7.90. The summed E-state index contributed by atoms with van der Waals surface area (Å²) in [5.74, 6) is 5.73. The van der Waals surface area contributed by atoms with Crippen molar-refractivity contribution < 1.29 is 0 Å². The Bertz CT molecular complexity index is 120. The summed E-state index contributed by atoms with van der Waals surface area (Å²) < 4.78 is 0. The fraction of sp³-hybridized carbons (Fsp3) is 1.00. The lowest BCUT2D eigenvalue weighted by Crippen LogP contribution is -2.22. The monoisotopic (exact) mass is 235 g/mol. The van der Waals surface area contributed by atoms with Crippen molar-refractivity contribution in [3.8, 4) is 0 Å². The Morgan fingerprint density at radius 1 is 1.07 bits per heavy atom. The first-order valence-corrected chi connectivity index (χ1v) is 8.89. The maximum atomic E-state index is 2.53. The Labute approximate surface area is 99.9 Å². The number of hydrogen-bond acceptors (Lipinski definition) is 1. The van der Waals surface area contributed by atoms with Gasteiger partial charge in [-0.1, -0.05) is 41.5 Å². The van der Waals surface area contributed by atoms with Crippen LogP contribution in [0.4, 0.5) is 0 Å². The summed E-state index contributed by atoms with van der Waals surface area (Å²) in [4.78, 5) is 2.53. The zero-order chi connectivity index (χ0) is 12.5. The van der Waals surface area contributed by atoms with Gasteiger partial charge in [-0.2, -0.15) is 0 Å². The molecule has 1 saturated heterocycles. The van der Waals surface area contributed by atoms with E-state index in [0.717, 1.165) is 6.04 Å². The Kier molecular flexibility index (Phi) is 11.2. The molecule has 1 nitrogen and oxygen atoms in total. The normalized spacial score (nSPS) is 25.7. The van der Waals surface area contributed by atoms with Crippen LogP contribution >= 0.6 is 10.0 Å². The van der Waals surface area contributed by atoms with Gasteiger partial charge in [0.15, 0.2) is 0 Å². The van der Waals surface area contributed by atoms with Crippen LogP contribution in [0.2, 0.25) is 0 Å². The molecule has 0 aromatic rings. The highest BCUT2D eigenvalue weighted by atomic mass is 32.3. The quantitative estimate of drug-likeness (QED) is 0.694. The van der Waals surface area contributed by atoms with Crippen LogP contribution in [-0.2, 0) is 0 Å². The molecule has 0 aliphatic carbocycles. The minimum absolute atomic E-state index is 0.209. The highest BCUT2D eigenvalue weighted by Crippen LogP contribution is 2.52. The van der Waals surface area contributed by atoms with Crippen LogP contribution in [0.15, 0.2) is 0 Å². The third kappa shape index (κ3) is 5.26. The number of hydrogen-bond donors (Lipinski definition) is 0. The summed E-state index contributed by atoms with van der Waals surface area (Å²) in [5.41, 5.74) is 0. The molecule has 2 heteroatoms. The maximum absolute atomic E-state index is 2.53. The Balaban J connectivity index is 0. The first-order valence-electron chi connectivity index (χ1n) is 6.58. The third-order valence-electron chi connectivity index (χ3n) is 3.05. The number of nitrogens with zero attached hydrogens (tertiary/aromatic N) is 1. The van der Waals surface area contributed by atoms with E-state index in [-0.39, 0.29) is 10.0 Å². The molecule has 1 fully saturated rings. The molecule has 0 amide bonds. The lowest BCUT2D eigenvalue weighted by Gasteiger charge is -2.32. The van der Waals surface area contributed by atoms with Gasteiger partial charge in [-0.05, 0) is 31.2 Å². The van der Waals surface area contributed by atoms with Gasteiger partial charge in [-0.3, -0.25) is 4.90 Å². The largest absolute Gasteiger partial charge is 0.295 e. The van der Waals surface area contributed by atoms with Gasteiger partial charge < -0.3 is 0 Å². The van der Waals surface area contributed by atoms with Gasteiger partial charge in [-0.25, -0.2) is 10.0 Å². The van der Waals surface area contributed by atoms with E-state index in [9.17, 15) is 0 Å². The zero-order valence-corrected chi connectivity index (χ0v) is 13.1. The molecule has 0 aromatic heterocycles.